The molecule has 1 fully saturated rings. The molecule has 0 saturated carbocycles. The Balaban J connectivity index is 1.44. The third kappa shape index (κ3) is 3.58. The number of nitriles is 1. The van der Waals surface area contributed by atoms with Gasteiger partial charge in [-0.15, -0.1) is 0 Å². The van der Waals surface area contributed by atoms with Crippen LogP contribution in [0.3, 0.4) is 0 Å². The Kier molecular flexibility index (Phi) is 4.97. The van der Waals surface area contributed by atoms with Crippen LogP contribution in [0, 0.1) is 11.3 Å². The van der Waals surface area contributed by atoms with E-state index in [4.69, 9.17) is 9.26 Å². The maximum Gasteiger partial charge on any atom is 0.258 e. The van der Waals surface area contributed by atoms with Crippen LogP contribution in [0.2, 0.25) is 0 Å². The van der Waals surface area contributed by atoms with Crippen molar-refractivity contribution in [3.8, 4) is 34.7 Å². The van der Waals surface area contributed by atoms with Crippen LogP contribution in [0.1, 0.15) is 43.0 Å². The van der Waals surface area contributed by atoms with E-state index in [1.54, 1.807) is 12.1 Å². The fourth-order valence-electron chi connectivity index (χ4n) is 4.52. The van der Waals surface area contributed by atoms with E-state index >= 15 is 0 Å². The van der Waals surface area contributed by atoms with Crippen molar-refractivity contribution in [1.82, 2.24) is 15.0 Å². The first kappa shape index (κ1) is 19.7. The van der Waals surface area contributed by atoms with Gasteiger partial charge in [-0.3, -0.25) is 4.90 Å². The third-order valence-electron chi connectivity index (χ3n) is 5.95. The molecule has 7 nitrogen and oxygen atoms in total. The highest BCUT2D eigenvalue weighted by molar-refractivity contribution is 5.67. The lowest BCUT2D eigenvalue weighted by molar-refractivity contribution is -0.0251. The van der Waals surface area contributed by atoms with E-state index in [9.17, 15) is 10.4 Å². The molecule has 0 bridgehead atoms. The van der Waals surface area contributed by atoms with Gasteiger partial charge in [0.2, 0.25) is 5.82 Å². The maximum absolute atomic E-state index is 9.67. The van der Waals surface area contributed by atoms with Crippen LogP contribution in [0.25, 0.3) is 22.8 Å². The lowest BCUT2D eigenvalue weighted by Crippen LogP contribution is -2.51. The number of aliphatic hydroxyl groups is 1. The average molecular weight is 416 g/mol. The number of likely N-dealkylation sites (tertiary alicyclic amines) is 1. The van der Waals surface area contributed by atoms with E-state index in [1.165, 1.54) is 11.1 Å². The molecule has 1 saturated heterocycles. The Hall–Kier alpha value is -3.21. The number of benzene rings is 2. The molecule has 0 spiro atoms. The molecular weight excluding hydrogens is 392 g/mol. The summed E-state index contributed by atoms with van der Waals surface area (Å²) in [5.74, 6) is 1.47. The summed E-state index contributed by atoms with van der Waals surface area (Å²) in [5, 5.41) is 23.4. The number of aromatic nitrogens is 2. The highest BCUT2D eigenvalue weighted by Crippen LogP contribution is 2.42. The van der Waals surface area contributed by atoms with Gasteiger partial charge >= 0.3 is 0 Å². The van der Waals surface area contributed by atoms with Crippen LogP contribution in [0.15, 0.2) is 40.9 Å². The minimum Gasteiger partial charge on any atom is -0.490 e. The van der Waals surface area contributed by atoms with E-state index < -0.39 is 0 Å². The number of hydrogen-bond acceptors (Lipinski definition) is 7. The fraction of sp³-hybridized carbons (Fsp3) is 0.375. The number of rotatable bonds is 5. The lowest BCUT2D eigenvalue weighted by atomic mass is 9.99. The van der Waals surface area contributed by atoms with Crippen LogP contribution in [-0.4, -0.2) is 45.4 Å². The van der Waals surface area contributed by atoms with Crippen LogP contribution < -0.4 is 4.74 Å². The van der Waals surface area contributed by atoms with Gasteiger partial charge < -0.3 is 14.4 Å². The molecule has 1 N–H and O–H groups in total. The molecule has 1 aliphatic carbocycles. The zero-order chi connectivity index (χ0) is 21.5. The van der Waals surface area contributed by atoms with Crippen LogP contribution >= 0.6 is 0 Å². The minimum absolute atomic E-state index is 0.0171. The van der Waals surface area contributed by atoms with Gasteiger partial charge in [0.25, 0.3) is 5.89 Å². The van der Waals surface area contributed by atoms with Gasteiger partial charge in [-0.1, -0.05) is 23.4 Å². The van der Waals surface area contributed by atoms with Crippen molar-refractivity contribution in [2.45, 2.75) is 44.9 Å². The molecular formula is C24H24N4O3. The average Bonchev–Trinajstić information content (AvgIpc) is 3.39. The highest BCUT2D eigenvalue weighted by Gasteiger charge is 2.36. The zero-order valence-corrected chi connectivity index (χ0v) is 17.6. The Bertz CT molecular complexity index is 1160. The minimum atomic E-state index is -0.206. The van der Waals surface area contributed by atoms with Gasteiger partial charge in [0.15, 0.2) is 0 Å². The normalized spacial score (nSPS) is 18.6. The second-order valence-electron chi connectivity index (χ2n) is 8.45. The van der Waals surface area contributed by atoms with Gasteiger partial charge in [0.05, 0.1) is 17.8 Å². The monoisotopic (exact) mass is 416 g/mol. The Labute approximate surface area is 180 Å². The Morgan fingerprint density at radius 1 is 1.26 bits per heavy atom. The summed E-state index contributed by atoms with van der Waals surface area (Å²) in [6, 6.07) is 14.1. The molecule has 0 radical (unpaired) electrons. The van der Waals surface area contributed by atoms with Gasteiger partial charge in [0, 0.05) is 30.3 Å². The molecule has 31 heavy (non-hydrogen) atoms. The molecule has 1 aliphatic heterocycles. The summed E-state index contributed by atoms with van der Waals surface area (Å²) in [6.07, 6.45) is 1.76. The summed E-state index contributed by atoms with van der Waals surface area (Å²) >= 11 is 0. The number of aliphatic hydroxyl groups excluding tert-OH is 1. The first-order valence-electron chi connectivity index (χ1n) is 10.6. The van der Waals surface area contributed by atoms with E-state index in [0.717, 1.165) is 31.5 Å². The van der Waals surface area contributed by atoms with Crippen LogP contribution in [0.5, 0.6) is 5.75 Å². The number of ether oxygens (including phenoxy) is 1. The van der Waals surface area contributed by atoms with Crippen molar-refractivity contribution in [2.24, 2.45) is 0 Å². The molecule has 5 rings (SSSR count). The molecule has 1 aromatic heterocycles. The molecule has 7 heteroatoms. The summed E-state index contributed by atoms with van der Waals surface area (Å²) in [7, 11) is 0. The van der Waals surface area contributed by atoms with Crippen molar-refractivity contribution in [3.05, 3.63) is 53.1 Å². The van der Waals surface area contributed by atoms with Crippen molar-refractivity contribution >= 4 is 0 Å². The summed E-state index contributed by atoms with van der Waals surface area (Å²) in [5.41, 5.74) is 4.64. The largest absolute Gasteiger partial charge is 0.490 e. The van der Waals surface area contributed by atoms with E-state index in [2.05, 4.69) is 27.2 Å². The molecule has 2 aliphatic rings. The standard InChI is InChI=1S/C24H24N4O3/c1-14(2)30-22-9-6-15(10-16(22)11-25)24-26-23(27-31-24)20-5-3-4-19-18(20)7-8-21(19)28-12-17(29)13-28/h3-6,9-10,14,17,21,29H,7-8,12-13H2,1-2H3/t21-/m0/s1. The Morgan fingerprint density at radius 3 is 2.84 bits per heavy atom. The molecule has 2 aromatic carbocycles. The molecule has 1 atom stereocenters. The highest BCUT2D eigenvalue weighted by atomic mass is 16.5. The van der Waals surface area contributed by atoms with Crippen molar-refractivity contribution in [2.75, 3.05) is 13.1 Å². The van der Waals surface area contributed by atoms with Crippen molar-refractivity contribution in [3.63, 3.8) is 0 Å². The quantitative estimate of drug-likeness (QED) is 0.677. The van der Waals surface area contributed by atoms with Gasteiger partial charge in [-0.05, 0) is 56.0 Å². The molecule has 0 unspecified atom stereocenters. The van der Waals surface area contributed by atoms with Crippen LogP contribution in [-0.2, 0) is 6.42 Å². The number of fused-ring (bicyclic) bond motifs is 1. The Morgan fingerprint density at radius 2 is 2.10 bits per heavy atom. The number of hydrogen-bond donors (Lipinski definition) is 1. The summed E-state index contributed by atoms with van der Waals surface area (Å²) < 4.78 is 11.2. The van der Waals surface area contributed by atoms with E-state index in [1.807, 2.05) is 32.0 Å². The lowest BCUT2D eigenvalue weighted by Gasteiger charge is -2.40. The smallest absolute Gasteiger partial charge is 0.258 e. The zero-order valence-electron chi connectivity index (χ0n) is 17.6. The second-order valence-corrected chi connectivity index (χ2v) is 8.45. The summed E-state index contributed by atoms with van der Waals surface area (Å²) in [4.78, 5) is 6.95. The molecule has 158 valence electrons. The maximum atomic E-state index is 9.67. The predicted molar refractivity (Wildman–Crippen MR) is 114 cm³/mol. The van der Waals surface area contributed by atoms with Gasteiger partial charge in [-0.25, -0.2) is 0 Å². The van der Waals surface area contributed by atoms with Gasteiger partial charge in [0.1, 0.15) is 11.8 Å². The SMILES string of the molecule is CC(C)Oc1ccc(-c2nc(-c3cccc4c3CC[C@@H]4N3CC(O)C3)no2)cc1C#N. The van der Waals surface area contributed by atoms with Crippen molar-refractivity contribution in [1.29, 1.82) is 5.26 Å². The first-order valence-corrected chi connectivity index (χ1v) is 10.6. The summed E-state index contributed by atoms with van der Waals surface area (Å²) in [6.45, 7) is 5.32. The predicted octanol–water partition coefficient (Wildman–Crippen LogP) is 3.73. The topological polar surface area (TPSA) is 95.4 Å². The van der Waals surface area contributed by atoms with Crippen molar-refractivity contribution < 1.29 is 14.4 Å². The molecule has 2 heterocycles. The second kappa shape index (κ2) is 7.80. The fourth-order valence-corrected chi connectivity index (χ4v) is 4.52. The third-order valence-corrected chi connectivity index (χ3v) is 5.95. The molecule has 0 amide bonds. The molecule has 3 aromatic rings. The van der Waals surface area contributed by atoms with E-state index in [0.29, 0.717) is 34.6 Å². The van der Waals surface area contributed by atoms with Crippen LogP contribution in [0.4, 0.5) is 0 Å². The number of β-amino-alcohol motifs (C(OH)–C–C–N with tert-alkyl or cyclic N) is 1. The van der Waals surface area contributed by atoms with Gasteiger partial charge in [-0.2, -0.15) is 10.2 Å². The first-order chi connectivity index (χ1) is 15.0. The number of nitrogens with zero attached hydrogens (tertiary/aromatic N) is 4. The van der Waals surface area contributed by atoms with E-state index in [-0.39, 0.29) is 12.2 Å².